The highest BCUT2D eigenvalue weighted by Crippen LogP contribution is 2.09. The molecule has 5 heteroatoms. The van der Waals surface area contributed by atoms with Crippen LogP contribution in [0, 0.1) is 5.92 Å². The standard InChI is InChI=1S/C29H55NO4/c1-4-7-8-9-10-11-12-13-14-15-16-17-18-19-20-22-29(32)34-27-28(25-31)26-33-24-21-23-30(5-2)6-3/h10-11,13-14,28,31H,4-9,12,15-27H2,1-3H3/b11-10-,14-13-. The van der Waals surface area contributed by atoms with Gasteiger partial charge in [-0.15, -0.1) is 0 Å². The summed E-state index contributed by atoms with van der Waals surface area (Å²) in [5, 5.41) is 9.49. The van der Waals surface area contributed by atoms with Gasteiger partial charge in [-0.2, -0.15) is 0 Å². The van der Waals surface area contributed by atoms with Crippen LogP contribution in [0.4, 0.5) is 0 Å². The van der Waals surface area contributed by atoms with Crippen LogP contribution in [-0.2, 0) is 14.3 Å². The SMILES string of the molecule is CCCCC/C=C\C/C=C\CCCCCCCC(=O)OCC(CO)COCCCN(CC)CC. The lowest BCUT2D eigenvalue weighted by atomic mass is 10.1. The number of carbonyl (C=O) groups excluding carboxylic acids is 1. The number of carbonyl (C=O) groups is 1. The minimum atomic E-state index is -0.161. The minimum absolute atomic E-state index is 0.0208. The van der Waals surface area contributed by atoms with Gasteiger partial charge in [-0.25, -0.2) is 0 Å². The number of hydrogen-bond donors (Lipinski definition) is 1. The molecule has 0 aromatic rings. The van der Waals surface area contributed by atoms with Crippen molar-refractivity contribution in [3.05, 3.63) is 24.3 Å². The largest absolute Gasteiger partial charge is 0.465 e. The van der Waals surface area contributed by atoms with Crippen LogP contribution in [-0.4, -0.2) is 62.0 Å². The van der Waals surface area contributed by atoms with E-state index < -0.39 is 0 Å². The summed E-state index contributed by atoms with van der Waals surface area (Å²) in [6.45, 7) is 11.0. The molecule has 0 radical (unpaired) electrons. The number of allylic oxidation sites excluding steroid dienone is 4. The summed E-state index contributed by atoms with van der Waals surface area (Å²) in [7, 11) is 0. The summed E-state index contributed by atoms with van der Waals surface area (Å²) < 4.78 is 11.0. The van der Waals surface area contributed by atoms with Crippen LogP contribution in [0.15, 0.2) is 24.3 Å². The van der Waals surface area contributed by atoms with E-state index >= 15 is 0 Å². The predicted molar refractivity (Wildman–Crippen MR) is 144 cm³/mol. The van der Waals surface area contributed by atoms with Gasteiger partial charge >= 0.3 is 5.97 Å². The highest BCUT2D eigenvalue weighted by Gasteiger charge is 2.11. The number of ether oxygens (including phenoxy) is 2. The number of hydrogen-bond acceptors (Lipinski definition) is 5. The van der Waals surface area contributed by atoms with Gasteiger partial charge in [0.25, 0.3) is 0 Å². The van der Waals surface area contributed by atoms with Crippen molar-refractivity contribution in [2.24, 2.45) is 5.92 Å². The summed E-state index contributed by atoms with van der Waals surface area (Å²) in [5.41, 5.74) is 0. The van der Waals surface area contributed by atoms with Crippen LogP contribution in [0.2, 0.25) is 0 Å². The summed E-state index contributed by atoms with van der Waals surface area (Å²) in [4.78, 5) is 14.3. The first kappa shape index (κ1) is 32.8. The van der Waals surface area contributed by atoms with Crippen molar-refractivity contribution in [2.75, 3.05) is 46.1 Å². The molecular formula is C29H55NO4. The van der Waals surface area contributed by atoms with Crippen molar-refractivity contribution >= 4 is 5.97 Å². The monoisotopic (exact) mass is 481 g/mol. The lowest BCUT2D eigenvalue weighted by Gasteiger charge is -2.18. The second-order valence-corrected chi connectivity index (χ2v) is 9.17. The molecule has 0 aliphatic carbocycles. The molecule has 0 spiro atoms. The third-order valence-corrected chi connectivity index (χ3v) is 6.08. The van der Waals surface area contributed by atoms with E-state index in [1.165, 1.54) is 44.9 Å². The Morgan fingerprint density at radius 1 is 0.824 bits per heavy atom. The molecule has 1 atom stereocenters. The molecule has 0 aromatic carbocycles. The fourth-order valence-electron chi connectivity index (χ4n) is 3.70. The van der Waals surface area contributed by atoms with Crippen molar-refractivity contribution in [3.63, 3.8) is 0 Å². The van der Waals surface area contributed by atoms with Crippen molar-refractivity contribution in [1.82, 2.24) is 4.90 Å². The van der Waals surface area contributed by atoms with Crippen molar-refractivity contribution in [3.8, 4) is 0 Å². The Labute approximate surface area is 211 Å². The Morgan fingerprint density at radius 2 is 1.47 bits per heavy atom. The maximum Gasteiger partial charge on any atom is 0.305 e. The molecule has 0 saturated carbocycles. The smallest absolute Gasteiger partial charge is 0.305 e. The number of aliphatic hydroxyl groups excluding tert-OH is 1. The Bertz CT molecular complexity index is 489. The number of unbranched alkanes of at least 4 members (excludes halogenated alkanes) is 8. The van der Waals surface area contributed by atoms with Gasteiger partial charge in [0, 0.05) is 25.5 Å². The maximum absolute atomic E-state index is 11.9. The Hall–Kier alpha value is -1.17. The average molecular weight is 482 g/mol. The quantitative estimate of drug-likeness (QED) is 0.0893. The highest BCUT2D eigenvalue weighted by molar-refractivity contribution is 5.69. The lowest BCUT2D eigenvalue weighted by molar-refractivity contribution is -0.146. The van der Waals surface area contributed by atoms with Crippen LogP contribution in [0.25, 0.3) is 0 Å². The zero-order valence-electron chi connectivity index (χ0n) is 22.6. The van der Waals surface area contributed by atoms with E-state index in [4.69, 9.17) is 9.47 Å². The lowest BCUT2D eigenvalue weighted by Crippen LogP contribution is -2.26. The summed E-state index contributed by atoms with van der Waals surface area (Å²) >= 11 is 0. The van der Waals surface area contributed by atoms with Gasteiger partial charge in [-0.3, -0.25) is 4.79 Å². The van der Waals surface area contributed by atoms with E-state index in [9.17, 15) is 9.90 Å². The van der Waals surface area contributed by atoms with Crippen molar-refractivity contribution < 1.29 is 19.4 Å². The van der Waals surface area contributed by atoms with E-state index in [-0.39, 0.29) is 25.1 Å². The maximum atomic E-state index is 11.9. The zero-order chi connectivity index (χ0) is 25.1. The van der Waals surface area contributed by atoms with Crippen molar-refractivity contribution in [1.29, 1.82) is 0 Å². The first-order chi connectivity index (χ1) is 16.7. The van der Waals surface area contributed by atoms with Gasteiger partial charge < -0.3 is 19.5 Å². The topological polar surface area (TPSA) is 59.0 Å². The molecule has 0 saturated heterocycles. The normalized spacial score (nSPS) is 12.9. The van der Waals surface area contributed by atoms with Crippen LogP contribution < -0.4 is 0 Å². The first-order valence-corrected chi connectivity index (χ1v) is 14.0. The number of esters is 1. The Balaban J connectivity index is 3.55. The molecule has 0 aromatic heterocycles. The van der Waals surface area contributed by atoms with E-state index in [0.717, 1.165) is 51.7 Å². The summed E-state index contributed by atoms with van der Waals surface area (Å²) in [6, 6.07) is 0. The van der Waals surface area contributed by atoms with Gasteiger partial charge in [-0.1, -0.05) is 77.2 Å². The third kappa shape index (κ3) is 22.6. The highest BCUT2D eigenvalue weighted by atomic mass is 16.5. The number of nitrogens with zero attached hydrogens (tertiary/aromatic N) is 1. The van der Waals surface area contributed by atoms with Crippen LogP contribution in [0.3, 0.4) is 0 Å². The van der Waals surface area contributed by atoms with E-state index in [1.807, 2.05) is 0 Å². The second kappa shape index (κ2) is 26.4. The molecule has 1 unspecified atom stereocenters. The van der Waals surface area contributed by atoms with Gasteiger partial charge in [0.1, 0.15) is 0 Å². The molecule has 5 nitrogen and oxygen atoms in total. The van der Waals surface area contributed by atoms with Gasteiger partial charge in [0.05, 0.1) is 19.8 Å². The fourth-order valence-corrected chi connectivity index (χ4v) is 3.70. The minimum Gasteiger partial charge on any atom is -0.465 e. The Morgan fingerprint density at radius 3 is 2.12 bits per heavy atom. The van der Waals surface area contributed by atoms with E-state index in [2.05, 4.69) is 50.0 Å². The summed E-state index contributed by atoms with van der Waals surface area (Å²) in [6.07, 6.45) is 23.5. The molecule has 0 heterocycles. The van der Waals surface area contributed by atoms with Gasteiger partial charge in [-0.05, 0) is 58.0 Å². The first-order valence-electron chi connectivity index (χ1n) is 14.0. The van der Waals surface area contributed by atoms with E-state index in [1.54, 1.807) is 0 Å². The van der Waals surface area contributed by atoms with Crippen LogP contribution >= 0.6 is 0 Å². The fraction of sp³-hybridized carbons (Fsp3) is 0.828. The third-order valence-electron chi connectivity index (χ3n) is 6.08. The molecule has 0 aliphatic heterocycles. The molecule has 0 bridgehead atoms. The molecule has 34 heavy (non-hydrogen) atoms. The Kier molecular flexibility index (Phi) is 25.5. The molecule has 1 N–H and O–H groups in total. The zero-order valence-corrected chi connectivity index (χ0v) is 22.6. The van der Waals surface area contributed by atoms with Gasteiger partial charge in [0.15, 0.2) is 0 Å². The average Bonchev–Trinajstić information content (AvgIpc) is 2.85. The predicted octanol–water partition coefficient (Wildman–Crippen LogP) is 6.70. The van der Waals surface area contributed by atoms with Gasteiger partial charge in [0.2, 0.25) is 0 Å². The molecule has 0 rings (SSSR count). The molecule has 0 amide bonds. The van der Waals surface area contributed by atoms with E-state index in [0.29, 0.717) is 19.6 Å². The molecule has 0 fully saturated rings. The molecular weight excluding hydrogens is 426 g/mol. The second-order valence-electron chi connectivity index (χ2n) is 9.17. The van der Waals surface area contributed by atoms with Crippen molar-refractivity contribution in [2.45, 2.75) is 104 Å². The number of aliphatic hydroxyl groups is 1. The van der Waals surface area contributed by atoms with Crippen LogP contribution in [0.5, 0.6) is 0 Å². The molecule has 0 aliphatic rings. The van der Waals surface area contributed by atoms with Crippen LogP contribution in [0.1, 0.15) is 104 Å². The molecule has 200 valence electrons. The number of rotatable bonds is 25. The summed E-state index contributed by atoms with van der Waals surface area (Å²) in [5.74, 6) is -0.298.